The first-order valence-electron chi connectivity index (χ1n) is 6.80. The van der Waals surface area contributed by atoms with E-state index in [1.165, 1.54) is 6.20 Å². The van der Waals surface area contributed by atoms with Crippen LogP contribution in [0, 0.1) is 5.92 Å². The summed E-state index contributed by atoms with van der Waals surface area (Å²) >= 11 is 5.93. The van der Waals surface area contributed by atoms with E-state index in [0.717, 1.165) is 32.6 Å². The average Bonchev–Trinajstić information content (AvgIpc) is 2.78. The zero-order valence-corrected chi connectivity index (χ0v) is 12.0. The highest BCUT2D eigenvalue weighted by molar-refractivity contribution is 6.29. The molecular formula is C13H17ClN4O2. The van der Waals surface area contributed by atoms with Crippen LogP contribution in [0.1, 0.15) is 31.6 Å². The Morgan fingerprint density at radius 3 is 2.95 bits per heavy atom. The highest BCUT2D eigenvalue weighted by Crippen LogP contribution is 2.24. The number of ether oxygens (including phenoxy) is 1. The fourth-order valence-electron chi connectivity index (χ4n) is 2.53. The van der Waals surface area contributed by atoms with Crippen molar-refractivity contribution in [3.05, 3.63) is 17.0 Å². The van der Waals surface area contributed by atoms with Gasteiger partial charge in [0.15, 0.2) is 5.65 Å². The topological polar surface area (TPSA) is 73.1 Å². The molecule has 2 aromatic rings. The van der Waals surface area contributed by atoms with Crippen molar-refractivity contribution in [3.63, 3.8) is 0 Å². The van der Waals surface area contributed by atoms with Gasteiger partial charge in [-0.25, -0.2) is 14.6 Å². The van der Waals surface area contributed by atoms with Crippen molar-refractivity contribution in [3.8, 4) is 0 Å². The summed E-state index contributed by atoms with van der Waals surface area (Å²) in [5.74, 6) is 0.509. The van der Waals surface area contributed by atoms with E-state index >= 15 is 0 Å². The van der Waals surface area contributed by atoms with Crippen molar-refractivity contribution >= 4 is 22.8 Å². The van der Waals surface area contributed by atoms with Gasteiger partial charge in [-0.15, -0.1) is 0 Å². The number of fused-ring (bicyclic) bond motifs is 1. The molecule has 0 bridgehead atoms. The number of aliphatic hydroxyl groups is 1. The number of rotatable bonds is 3. The van der Waals surface area contributed by atoms with Gasteiger partial charge < -0.3 is 9.84 Å². The molecule has 0 radical (unpaired) electrons. The van der Waals surface area contributed by atoms with Crippen LogP contribution in [-0.4, -0.2) is 38.1 Å². The standard InChI is InChI=1S/C13H17ClN4O2/c1-8(19)11-12-13(16-10(14)6-15-12)18(17-11)7-9-2-4-20-5-3-9/h6,8-9,19H,2-5,7H2,1H3. The van der Waals surface area contributed by atoms with Crippen LogP contribution in [0.3, 0.4) is 0 Å². The molecule has 20 heavy (non-hydrogen) atoms. The van der Waals surface area contributed by atoms with Crippen LogP contribution in [0.5, 0.6) is 0 Å². The molecule has 3 heterocycles. The monoisotopic (exact) mass is 296 g/mol. The van der Waals surface area contributed by atoms with Crippen molar-refractivity contribution in [2.24, 2.45) is 5.92 Å². The molecule has 1 atom stereocenters. The van der Waals surface area contributed by atoms with Crippen LogP contribution in [-0.2, 0) is 11.3 Å². The fraction of sp³-hybridized carbons (Fsp3) is 0.615. The van der Waals surface area contributed by atoms with Crippen molar-refractivity contribution in [2.75, 3.05) is 13.2 Å². The minimum atomic E-state index is -0.677. The second-order valence-corrected chi connectivity index (χ2v) is 5.55. The molecule has 7 heteroatoms. The number of halogens is 1. The van der Waals surface area contributed by atoms with E-state index in [9.17, 15) is 5.11 Å². The van der Waals surface area contributed by atoms with Gasteiger partial charge in [0, 0.05) is 19.8 Å². The Kier molecular flexibility index (Phi) is 3.87. The first kappa shape index (κ1) is 13.7. The predicted octanol–water partition coefficient (Wildman–Crippen LogP) is 1.96. The molecule has 0 aliphatic carbocycles. The van der Waals surface area contributed by atoms with Gasteiger partial charge >= 0.3 is 0 Å². The van der Waals surface area contributed by atoms with Crippen molar-refractivity contribution in [1.82, 2.24) is 19.7 Å². The Morgan fingerprint density at radius 2 is 2.25 bits per heavy atom. The minimum Gasteiger partial charge on any atom is -0.387 e. The lowest BCUT2D eigenvalue weighted by atomic mass is 10.0. The third kappa shape index (κ3) is 2.63. The van der Waals surface area contributed by atoms with E-state index in [-0.39, 0.29) is 0 Å². The van der Waals surface area contributed by atoms with E-state index in [1.807, 2.05) is 4.68 Å². The fourth-order valence-corrected chi connectivity index (χ4v) is 2.66. The highest BCUT2D eigenvalue weighted by Gasteiger charge is 2.21. The first-order chi connectivity index (χ1) is 9.65. The summed E-state index contributed by atoms with van der Waals surface area (Å²) in [6, 6.07) is 0. The molecule has 0 aromatic carbocycles. The largest absolute Gasteiger partial charge is 0.387 e. The maximum atomic E-state index is 9.81. The third-order valence-corrected chi connectivity index (χ3v) is 3.79. The summed E-state index contributed by atoms with van der Waals surface area (Å²) in [7, 11) is 0. The average molecular weight is 297 g/mol. The van der Waals surface area contributed by atoms with E-state index in [0.29, 0.717) is 27.9 Å². The van der Waals surface area contributed by atoms with Gasteiger partial charge in [-0.3, -0.25) is 0 Å². The summed E-state index contributed by atoms with van der Waals surface area (Å²) in [6.07, 6.45) is 2.83. The maximum Gasteiger partial charge on any atom is 0.178 e. The molecule has 1 fully saturated rings. The quantitative estimate of drug-likeness (QED) is 0.937. The van der Waals surface area contributed by atoms with E-state index in [2.05, 4.69) is 15.1 Å². The lowest BCUT2D eigenvalue weighted by molar-refractivity contribution is 0.0603. The van der Waals surface area contributed by atoms with Gasteiger partial charge in [0.25, 0.3) is 0 Å². The van der Waals surface area contributed by atoms with Crippen LogP contribution >= 0.6 is 11.6 Å². The predicted molar refractivity (Wildman–Crippen MR) is 74.5 cm³/mol. The van der Waals surface area contributed by atoms with E-state index < -0.39 is 6.10 Å². The zero-order valence-electron chi connectivity index (χ0n) is 11.3. The van der Waals surface area contributed by atoms with Crippen molar-refractivity contribution in [2.45, 2.75) is 32.4 Å². The lowest BCUT2D eigenvalue weighted by Gasteiger charge is -2.21. The highest BCUT2D eigenvalue weighted by atomic mass is 35.5. The van der Waals surface area contributed by atoms with Crippen molar-refractivity contribution < 1.29 is 9.84 Å². The molecule has 1 unspecified atom stereocenters. The number of hydrogen-bond acceptors (Lipinski definition) is 5. The number of hydrogen-bond donors (Lipinski definition) is 1. The molecule has 1 aliphatic heterocycles. The summed E-state index contributed by atoms with van der Waals surface area (Å²) in [6.45, 7) is 4.01. The molecule has 1 N–H and O–H groups in total. The Balaban J connectivity index is 1.98. The molecule has 1 saturated heterocycles. The normalized spacial score (nSPS) is 18.6. The molecule has 6 nitrogen and oxygen atoms in total. The van der Waals surface area contributed by atoms with Gasteiger partial charge in [0.1, 0.15) is 16.4 Å². The van der Waals surface area contributed by atoms with Crippen LogP contribution in [0.25, 0.3) is 11.2 Å². The number of nitrogens with zero attached hydrogens (tertiary/aromatic N) is 4. The lowest BCUT2D eigenvalue weighted by Crippen LogP contribution is -2.21. The third-order valence-electron chi connectivity index (χ3n) is 3.61. The van der Waals surface area contributed by atoms with Crippen LogP contribution in [0.15, 0.2) is 6.20 Å². The van der Waals surface area contributed by atoms with Gasteiger partial charge in [0.05, 0.1) is 12.3 Å². The van der Waals surface area contributed by atoms with Crippen LogP contribution in [0.4, 0.5) is 0 Å². The number of aromatic nitrogens is 4. The van der Waals surface area contributed by atoms with Gasteiger partial charge in [-0.05, 0) is 25.7 Å². The molecule has 0 saturated carbocycles. The van der Waals surface area contributed by atoms with Crippen LogP contribution < -0.4 is 0 Å². The van der Waals surface area contributed by atoms with Crippen molar-refractivity contribution in [1.29, 1.82) is 0 Å². The Labute approximate surface area is 121 Å². The van der Waals surface area contributed by atoms with Crippen LogP contribution in [0.2, 0.25) is 5.15 Å². The molecule has 0 spiro atoms. The molecule has 2 aromatic heterocycles. The minimum absolute atomic E-state index is 0.336. The second kappa shape index (κ2) is 5.63. The summed E-state index contributed by atoms with van der Waals surface area (Å²) < 4.78 is 7.18. The molecule has 0 amide bonds. The summed E-state index contributed by atoms with van der Waals surface area (Å²) in [5, 5.41) is 14.6. The molecular weight excluding hydrogens is 280 g/mol. The van der Waals surface area contributed by atoms with Gasteiger partial charge in [-0.1, -0.05) is 11.6 Å². The Morgan fingerprint density at radius 1 is 1.50 bits per heavy atom. The summed E-state index contributed by atoms with van der Waals surface area (Å²) in [5.41, 5.74) is 1.81. The second-order valence-electron chi connectivity index (χ2n) is 5.16. The van der Waals surface area contributed by atoms with Gasteiger partial charge in [0.2, 0.25) is 0 Å². The Hall–Kier alpha value is -1.24. The van der Waals surface area contributed by atoms with E-state index in [1.54, 1.807) is 6.92 Å². The Bertz CT molecular complexity index is 608. The maximum absolute atomic E-state index is 9.81. The smallest absolute Gasteiger partial charge is 0.178 e. The first-order valence-corrected chi connectivity index (χ1v) is 7.17. The SMILES string of the molecule is CC(O)c1nn(CC2CCOCC2)c2nc(Cl)cnc12. The number of aliphatic hydroxyl groups excluding tert-OH is 1. The van der Waals surface area contributed by atoms with E-state index in [4.69, 9.17) is 16.3 Å². The molecule has 108 valence electrons. The van der Waals surface area contributed by atoms with Gasteiger partial charge in [-0.2, -0.15) is 5.10 Å². The molecule has 3 rings (SSSR count). The zero-order chi connectivity index (χ0) is 14.1. The summed E-state index contributed by atoms with van der Waals surface area (Å²) in [4.78, 5) is 8.56. The molecule has 1 aliphatic rings.